The van der Waals surface area contributed by atoms with E-state index in [2.05, 4.69) is 16.2 Å². The van der Waals surface area contributed by atoms with Crippen molar-refractivity contribution in [2.45, 2.75) is 12.1 Å². The molecule has 0 saturated carbocycles. The number of hydrogen-bond donors (Lipinski definition) is 3. The van der Waals surface area contributed by atoms with Crippen LogP contribution >= 0.6 is 0 Å². The predicted octanol–water partition coefficient (Wildman–Crippen LogP) is -0.345. The molecule has 2 atom stereocenters. The number of nitrogens with one attached hydrogen (secondary N) is 3. The summed E-state index contributed by atoms with van der Waals surface area (Å²) in [7, 11) is 0. The summed E-state index contributed by atoms with van der Waals surface area (Å²) in [6.45, 7) is 0.00195. The van der Waals surface area contributed by atoms with Crippen LogP contribution in [0, 0.1) is 20.2 Å². The third-order valence-electron chi connectivity index (χ3n) is 2.87. The van der Waals surface area contributed by atoms with E-state index in [-0.39, 0.29) is 17.9 Å². The minimum Gasteiger partial charge on any atom is -0.319 e. The summed E-state index contributed by atoms with van der Waals surface area (Å²) in [5.74, 6) is -0.703. The first-order valence-corrected chi connectivity index (χ1v) is 5.67. The maximum atomic E-state index is 12.0. The molecule has 10 heteroatoms. The zero-order valence-electron chi connectivity index (χ0n) is 10.1. The summed E-state index contributed by atoms with van der Waals surface area (Å²) in [6, 6.07) is 3.36. The number of benzene rings is 1. The van der Waals surface area contributed by atoms with E-state index >= 15 is 0 Å². The summed E-state index contributed by atoms with van der Waals surface area (Å²) in [6.07, 6.45) is 0. The van der Waals surface area contributed by atoms with Crippen LogP contribution < -0.4 is 16.2 Å². The van der Waals surface area contributed by atoms with Gasteiger partial charge >= 0.3 is 0 Å². The molecule has 0 radical (unpaired) electrons. The van der Waals surface area contributed by atoms with Crippen LogP contribution in [0.5, 0.6) is 0 Å². The Morgan fingerprint density at radius 2 is 2.00 bits per heavy atom. The van der Waals surface area contributed by atoms with Crippen molar-refractivity contribution >= 4 is 17.3 Å². The fourth-order valence-corrected chi connectivity index (χ4v) is 1.87. The second kappa shape index (κ2) is 5.59. The number of hydrazine groups is 1. The summed E-state index contributed by atoms with van der Waals surface area (Å²) in [5, 5.41) is 23.9. The molecular weight excluding hydrogens is 270 g/mol. The molecule has 1 aliphatic heterocycles. The van der Waals surface area contributed by atoms with Crippen LogP contribution in [-0.4, -0.2) is 34.4 Å². The fraction of sp³-hybridized carbons (Fsp3) is 0.300. The van der Waals surface area contributed by atoms with Crippen LogP contribution in [-0.2, 0) is 4.79 Å². The van der Waals surface area contributed by atoms with Crippen molar-refractivity contribution in [3.05, 3.63) is 44.5 Å². The molecule has 1 aromatic carbocycles. The monoisotopic (exact) mass is 281 g/mol. The number of amides is 1. The third kappa shape index (κ3) is 2.70. The number of hydrogen-bond acceptors (Lipinski definition) is 7. The molecule has 0 aliphatic carbocycles. The van der Waals surface area contributed by atoms with Gasteiger partial charge < -0.3 is 5.32 Å². The van der Waals surface area contributed by atoms with Gasteiger partial charge in [0.2, 0.25) is 5.91 Å². The molecule has 2 unspecified atom stereocenters. The van der Waals surface area contributed by atoms with Crippen LogP contribution in [0.1, 0.15) is 0 Å². The highest BCUT2D eigenvalue weighted by molar-refractivity contribution is 5.97. The molecular formula is C10H11N5O5. The quantitative estimate of drug-likeness (QED) is 0.506. The Morgan fingerprint density at radius 1 is 1.30 bits per heavy atom. The summed E-state index contributed by atoms with van der Waals surface area (Å²) in [5.41, 5.74) is 4.73. The second-order valence-corrected chi connectivity index (χ2v) is 4.12. The molecule has 2 rings (SSSR count). The molecule has 1 fully saturated rings. The highest BCUT2D eigenvalue weighted by Gasteiger charge is 2.41. The van der Waals surface area contributed by atoms with Gasteiger partial charge in [-0.3, -0.25) is 25.0 Å². The molecule has 0 aromatic heterocycles. The topological polar surface area (TPSA) is 139 Å². The number of anilines is 1. The van der Waals surface area contributed by atoms with Gasteiger partial charge in [-0.15, -0.1) is 0 Å². The standard InChI is InChI=1S/C10H11N5O5/c16-10(9-8(15(19)20)5-11-13-9)12-6-3-1-2-4-7(6)14(17)18/h1-4,8-9,11,13H,5H2,(H,12,16). The van der Waals surface area contributed by atoms with E-state index in [9.17, 15) is 25.0 Å². The number of nitro groups is 2. The average Bonchev–Trinajstić information content (AvgIpc) is 2.88. The predicted molar refractivity (Wildman–Crippen MR) is 67.4 cm³/mol. The van der Waals surface area contributed by atoms with Gasteiger partial charge in [-0.05, 0) is 6.07 Å². The Labute approximate surface area is 112 Å². The first-order chi connectivity index (χ1) is 9.50. The number of para-hydroxylation sites is 2. The zero-order valence-corrected chi connectivity index (χ0v) is 10.1. The van der Waals surface area contributed by atoms with E-state index in [0.717, 1.165) is 0 Å². The molecule has 1 heterocycles. The molecule has 1 amide bonds. The number of nitrogens with zero attached hydrogens (tertiary/aromatic N) is 2. The first-order valence-electron chi connectivity index (χ1n) is 5.67. The summed E-state index contributed by atoms with van der Waals surface area (Å²) < 4.78 is 0. The summed E-state index contributed by atoms with van der Waals surface area (Å²) >= 11 is 0. The van der Waals surface area contributed by atoms with Gasteiger partial charge in [-0.2, -0.15) is 0 Å². The minimum atomic E-state index is -1.13. The van der Waals surface area contributed by atoms with Gasteiger partial charge in [0, 0.05) is 11.0 Å². The smallest absolute Gasteiger partial charge is 0.292 e. The van der Waals surface area contributed by atoms with Crippen LogP contribution in [0.3, 0.4) is 0 Å². The van der Waals surface area contributed by atoms with Crippen molar-refractivity contribution in [2.75, 3.05) is 11.9 Å². The zero-order chi connectivity index (χ0) is 14.7. The lowest BCUT2D eigenvalue weighted by Gasteiger charge is -2.12. The maximum absolute atomic E-state index is 12.0. The van der Waals surface area contributed by atoms with Gasteiger partial charge in [-0.25, -0.2) is 10.9 Å². The molecule has 0 spiro atoms. The van der Waals surface area contributed by atoms with Crippen LogP contribution in [0.4, 0.5) is 11.4 Å². The van der Waals surface area contributed by atoms with Crippen LogP contribution in [0.2, 0.25) is 0 Å². The van der Waals surface area contributed by atoms with Crippen molar-refractivity contribution in [2.24, 2.45) is 0 Å². The van der Waals surface area contributed by atoms with Crippen molar-refractivity contribution in [3.8, 4) is 0 Å². The van der Waals surface area contributed by atoms with Gasteiger partial charge in [-0.1, -0.05) is 12.1 Å². The molecule has 0 bridgehead atoms. The largest absolute Gasteiger partial charge is 0.319 e. The maximum Gasteiger partial charge on any atom is 0.292 e. The Kier molecular flexibility index (Phi) is 3.86. The van der Waals surface area contributed by atoms with E-state index < -0.39 is 27.8 Å². The van der Waals surface area contributed by atoms with Crippen LogP contribution in [0.25, 0.3) is 0 Å². The van der Waals surface area contributed by atoms with Crippen LogP contribution in [0.15, 0.2) is 24.3 Å². The lowest BCUT2D eigenvalue weighted by Crippen LogP contribution is -2.46. The Balaban J connectivity index is 2.16. The fourth-order valence-electron chi connectivity index (χ4n) is 1.87. The molecule has 3 N–H and O–H groups in total. The second-order valence-electron chi connectivity index (χ2n) is 4.12. The summed E-state index contributed by atoms with van der Waals surface area (Å²) in [4.78, 5) is 32.3. The molecule has 20 heavy (non-hydrogen) atoms. The molecule has 1 aromatic rings. The van der Waals surface area contributed by atoms with E-state index in [1.807, 2.05) is 0 Å². The lowest BCUT2D eigenvalue weighted by atomic mass is 10.1. The molecule has 106 valence electrons. The van der Waals surface area contributed by atoms with Crippen molar-refractivity contribution in [1.29, 1.82) is 0 Å². The SMILES string of the molecule is O=C(Nc1ccccc1[N+](=O)[O-])C1NNCC1[N+](=O)[O-]. The van der Waals surface area contributed by atoms with E-state index in [0.29, 0.717) is 0 Å². The number of carbonyl (C=O) groups excluding carboxylic acids is 1. The number of rotatable bonds is 4. The van der Waals surface area contributed by atoms with Crippen molar-refractivity contribution in [1.82, 2.24) is 10.9 Å². The van der Waals surface area contributed by atoms with Gasteiger partial charge in [0.05, 0.1) is 11.5 Å². The van der Waals surface area contributed by atoms with Gasteiger partial charge in [0.1, 0.15) is 5.69 Å². The Morgan fingerprint density at radius 3 is 2.65 bits per heavy atom. The highest BCUT2D eigenvalue weighted by Crippen LogP contribution is 2.23. The molecule has 1 saturated heterocycles. The number of nitro benzene ring substituents is 1. The van der Waals surface area contributed by atoms with Crippen molar-refractivity contribution < 1.29 is 14.6 Å². The molecule has 10 nitrogen and oxygen atoms in total. The normalized spacial score (nSPS) is 21.4. The van der Waals surface area contributed by atoms with E-state index in [1.165, 1.54) is 24.3 Å². The number of carbonyl (C=O) groups is 1. The lowest BCUT2D eigenvalue weighted by molar-refractivity contribution is -0.517. The van der Waals surface area contributed by atoms with E-state index in [1.54, 1.807) is 0 Å². The molecule has 1 aliphatic rings. The third-order valence-corrected chi connectivity index (χ3v) is 2.87. The van der Waals surface area contributed by atoms with E-state index in [4.69, 9.17) is 0 Å². The Bertz CT molecular complexity index is 563. The Hall–Kier alpha value is -2.59. The average molecular weight is 281 g/mol. The minimum absolute atomic E-state index is 0.00158. The first kappa shape index (κ1) is 13.8. The van der Waals surface area contributed by atoms with Gasteiger partial charge in [0.25, 0.3) is 11.7 Å². The van der Waals surface area contributed by atoms with Gasteiger partial charge in [0.15, 0.2) is 6.04 Å². The van der Waals surface area contributed by atoms with Crippen molar-refractivity contribution in [3.63, 3.8) is 0 Å². The highest BCUT2D eigenvalue weighted by atomic mass is 16.6.